The zero-order chi connectivity index (χ0) is 17.3. The summed E-state index contributed by atoms with van der Waals surface area (Å²) in [5, 5.41) is 2.81. The minimum atomic E-state index is -3.62. The fourth-order valence-electron chi connectivity index (χ4n) is 2.61. The van der Waals surface area contributed by atoms with Crippen molar-refractivity contribution in [2.75, 3.05) is 26.2 Å². The Labute approximate surface area is 140 Å². The van der Waals surface area contributed by atoms with E-state index in [1.165, 1.54) is 22.8 Å². The number of oxazole rings is 1. The number of piperazine rings is 1. The predicted octanol–water partition coefficient (Wildman–Crippen LogP) is 1.25. The van der Waals surface area contributed by atoms with Gasteiger partial charge in [-0.2, -0.15) is 4.31 Å². The number of urea groups is 1. The Bertz CT molecular complexity index is 838. The third-order valence-electron chi connectivity index (χ3n) is 3.88. The van der Waals surface area contributed by atoms with Crippen LogP contribution < -0.4 is 5.32 Å². The molecule has 0 radical (unpaired) electrons. The van der Waals surface area contributed by atoms with Gasteiger partial charge in [0.2, 0.25) is 10.0 Å². The minimum absolute atomic E-state index is 0.0490. The van der Waals surface area contributed by atoms with Gasteiger partial charge in [0.05, 0.1) is 4.90 Å². The van der Waals surface area contributed by atoms with Crippen LogP contribution in [0.3, 0.4) is 0 Å². The zero-order valence-electron chi connectivity index (χ0n) is 13.6. The summed E-state index contributed by atoms with van der Waals surface area (Å²) in [6.07, 6.45) is 1.28. The number of hydrogen-bond acceptors (Lipinski definition) is 5. The summed E-state index contributed by atoms with van der Waals surface area (Å²) in [4.78, 5) is 17.8. The van der Waals surface area contributed by atoms with E-state index in [0.29, 0.717) is 24.2 Å². The molecule has 1 fully saturated rings. The summed E-state index contributed by atoms with van der Waals surface area (Å²) in [7, 11) is -3.62. The molecule has 2 amide bonds. The second-order valence-electron chi connectivity index (χ2n) is 5.98. The highest BCUT2D eigenvalue weighted by Gasteiger charge is 2.30. The molecule has 0 spiro atoms. The fourth-order valence-corrected chi connectivity index (χ4v) is 4.05. The van der Waals surface area contributed by atoms with Crippen molar-refractivity contribution in [1.29, 1.82) is 0 Å². The van der Waals surface area contributed by atoms with Gasteiger partial charge in [0, 0.05) is 38.3 Å². The first kappa shape index (κ1) is 16.7. The van der Waals surface area contributed by atoms with Crippen molar-refractivity contribution in [2.24, 2.45) is 0 Å². The van der Waals surface area contributed by atoms with Crippen LogP contribution in [0, 0.1) is 0 Å². The number of sulfonamides is 1. The molecule has 1 saturated heterocycles. The van der Waals surface area contributed by atoms with Gasteiger partial charge in [0.15, 0.2) is 12.0 Å². The van der Waals surface area contributed by atoms with Crippen molar-refractivity contribution in [2.45, 2.75) is 24.8 Å². The van der Waals surface area contributed by atoms with Crippen LogP contribution in [-0.2, 0) is 10.0 Å². The second kappa shape index (κ2) is 6.40. The lowest BCUT2D eigenvalue weighted by Crippen LogP contribution is -2.53. The summed E-state index contributed by atoms with van der Waals surface area (Å²) in [6, 6.07) is 4.52. The predicted molar refractivity (Wildman–Crippen MR) is 88.0 cm³/mol. The lowest BCUT2D eigenvalue weighted by atomic mass is 10.3. The molecule has 0 aliphatic carbocycles. The number of nitrogens with one attached hydrogen (secondary N) is 1. The Morgan fingerprint density at radius 3 is 2.62 bits per heavy atom. The highest BCUT2D eigenvalue weighted by molar-refractivity contribution is 7.89. The average Bonchev–Trinajstić information content (AvgIpc) is 3.02. The molecule has 1 N–H and O–H groups in total. The van der Waals surface area contributed by atoms with E-state index in [2.05, 4.69) is 10.3 Å². The maximum Gasteiger partial charge on any atom is 0.317 e. The van der Waals surface area contributed by atoms with Crippen LogP contribution in [0.25, 0.3) is 11.1 Å². The Hall–Kier alpha value is -2.13. The molecule has 0 atom stereocenters. The summed E-state index contributed by atoms with van der Waals surface area (Å²) in [5.41, 5.74) is 1.05. The van der Waals surface area contributed by atoms with Crippen LogP contribution >= 0.6 is 0 Å². The number of amides is 2. The van der Waals surface area contributed by atoms with Gasteiger partial charge in [-0.1, -0.05) is 0 Å². The van der Waals surface area contributed by atoms with Crippen LogP contribution in [0.15, 0.2) is 33.9 Å². The molecule has 1 aliphatic rings. The standard InChI is InChI=1S/C15H20N4O4S/c1-11(2)17-15(20)18-5-7-19(8-6-18)24(21,22)12-3-4-13-14(9-12)23-10-16-13/h3-4,9-11H,5-8H2,1-2H3,(H,17,20). The van der Waals surface area contributed by atoms with E-state index < -0.39 is 10.0 Å². The molecule has 2 heterocycles. The molecule has 1 aromatic carbocycles. The molecular formula is C15H20N4O4S. The van der Waals surface area contributed by atoms with E-state index in [4.69, 9.17) is 4.42 Å². The van der Waals surface area contributed by atoms with Gasteiger partial charge in [-0.3, -0.25) is 0 Å². The van der Waals surface area contributed by atoms with Crippen molar-refractivity contribution < 1.29 is 17.6 Å². The Morgan fingerprint density at radius 1 is 1.25 bits per heavy atom. The highest BCUT2D eigenvalue weighted by Crippen LogP contribution is 2.22. The van der Waals surface area contributed by atoms with Crippen molar-refractivity contribution in [1.82, 2.24) is 19.5 Å². The number of aromatic nitrogens is 1. The third-order valence-corrected chi connectivity index (χ3v) is 5.77. The van der Waals surface area contributed by atoms with Crippen LogP contribution in [0.5, 0.6) is 0 Å². The molecule has 1 aromatic heterocycles. The van der Waals surface area contributed by atoms with Crippen LogP contribution in [0.2, 0.25) is 0 Å². The first-order valence-corrected chi connectivity index (χ1v) is 9.21. The summed E-state index contributed by atoms with van der Waals surface area (Å²) >= 11 is 0. The van der Waals surface area contributed by atoms with E-state index in [-0.39, 0.29) is 30.1 Å². The van der Waals surface area contributed by atoms with Gasteiger partial charge in [0.25, 0.3) is 0 Å². The fraction of sp³-hybridized carbons (Fsp3) is 0.467. The van der Waals surface area contributed by atoms with Crippen LogP contribution in [-0.4, -0.2) is 60.9 Å². The first-order valence-electron chi connectivity index (χ1n) is 7.77. The van der Waals surface area contributed by atoms with Gasteiger partial charge in [-0.25, -0.2) is 18.2 Å². The van der Waals surface area contributed by atoms with Gasteiger partial charge in [-0.15, -0.1) is 0 Å². The van der Waals surface area contributed by atoms with E-state index in [0.717, 1.165) is 0 Å². The second-order valence-corrected chi connectivity index (χ2v) is 7.92. The first-order chi connectivity index (χ1) is 11.4. The molecule has 1 aliphatic heterocycles. The smallest absolute Gasteiger partial charge is 0.317 e. The lowest BCUT2D eigenvalue weighted by molar-refractivity contribution is 0.170. The molecule has 0 unspecified atom stereocenters. The molecule has 24 heavy (non-hydrogen) atoms. The molecule has 3 rings (SSSR count). The van der Waals surface area contributed by atoms with Gasteiger partial charge in [-0.05, 0) is 26.0 Å². The Morgan fingerprint density at radius 2 is 1.96 bits per heavy atom. The van der Waals surface area contributed by atoms with Crippen molar-refractivity contribution in [3.8, 4) is 0 Å². The number of rotatable bonds is 3. The number of carbonyl (C=O) groups excluding carboxylic acids is 1. The number of carbonyl (C=O) groups is 1. The van der Waals surface area contributed by atoms with E-state index in [1.54, 1.807) is 11.0 Å². The van der Waals surface area contributed by atoms with Crippen LogP contribution in [0.1, 0.15) is 13.8 Å². The van der Waals surface area contributed by atoms with E-state index >= 15 is 0 Å². The van der Waals surface area contributed by atoms with E-state index in [9.17, 15) is 13.2 Å². The normalized spacial score (nSPS) is 16.7. The van der Waals surface area contributed by atoms with Gasteiger partial charge < -0.3 is 14.6 Å². The number of benzene rings is 1. The minimum Gasteiger partial charge on any atom is -0.443 e. The maximum atomic E-state index is 12.8. The summed E-state index contributed by atoms with van der Waals surface area (Å²) in [5.74, 6) is 0. The molecule has 2 aromatic rings. The molecule has 0 saturated carbocycles. The quantitative estimate of drug-likeness (QED) is 0.897. The summed E-state index contributed by atoms with van der Waals surface area (Å²) in [6.45, 7) is 5.03. The Kier molecular flexibility index (Phi) is 4.46. The van der Waals surface area contributed by atoms with Crippen molar-refractivity contribution >= 4 is 27.2 Å². The molecule has 130 valence electrons. The van der Waals surface area contributed by atoms with Gasteiger partial charge >= 0.3 is 6.03 Å². The maximum absolute atomic E-state index is 12.8. The van der Waals surface area contributed by atoms with Crippen molar-refractivity contribution in [3.05, 3.63) is 24.6 Å². The SMILES string of the molecule is CC(C)NC(=O)N1CCN(S(=O)(=O)c2ccc3ncoc3c2)CC1. The molecule has 8 nitrogen and oxygen atoms in total. The molecular weight excluding hydrogens is 332 g/mol. The zero-order valence-corrected chi connectivity index (χ0v) is 14.4. The topological polar surface area (TPSA) is 95.8 Å². The highest BCUT2D eigenvalue weighted by atomic mass is 32.2. The largest absolute Gasteiger partial charge is 0.443 e. The Balaban J connectivity index is 1.71. The molecule has 9 heteroatoms. The lowest BCUT2D eigenvalue weighted by Gasteiger charge is -2.34. The van der Waals surface area contributed by atoms with Gasteiger partial charge in [0.1, 0.15) is 5.52 Å². The van der Waals surface area contributed by atoms with Crippen LogP contribution in [0.4, 0.5) is 4.79 Å². The van der Waals surface area contributed by atoms with Crippen molar-refractivity contribution in [3.63, 3.8) is 0 Å². The number of fused-ring (bicyclic) bond motifs is 1. The third kappa shape index (κ3) is 3.22. The number of nitrogens with zero attached hydrogens (tertiary/aromatic N) is 3. The summed E-state index contributed by atoms with van der Waals surface area (Å²) < 4.78 is 32.1. The average molecular weight is 352 g/mol. The van der Waals surface area contributed by atoms with E-state index in [1.807, 2.05) is 13.8 Å². The molecule has 0 bridgehead atoms. The number of hydrogen-bond donors (Lipinski definition) is 1. The monoisotopic (exact) mass is 352 g/mol.